The minimum Gasteiger partial charge on any atom is -0.490 e. The number of carbonyl (C=O) groups excluding carboxylic acids is 2. The molecule has 1 saturated heterocycles. The summed E-state index contributed by atoms with van der Waals surface area (Å²) in [5.41, 5.74) is 0.824. The first-order valence-electron chi connectivity index (χ1n) is 6.86. The standard InChI is InChI=1S/C16H15N3O4S/c1-3-8-23-12-6-4-11(5-7-12)10-17-19-16-18-15(21)13(24-16)9-14(20)22-2/h3-7,9-10H,1,8H2,2H3,(H,18,19,21)/b13-9+,17-10?. The van der Waals surface area contributed by atoms with E-state index < -0.39 is 11.9 Å². The van der Waals surface area contributed by atoms with Crippen molar-refractivity contribution >= 4 is 35.0 Å². The van der Waals surface area contributed by atoms with Crippen molar-refractivity contribution < 1.29 is 19.1 Å². The number of benzene rings is 1. The molecule has 0 radical (unpaired) electrons. The lowest BCUT2D eigenvalue weighted by Gasteiger charge is -2.02. The van der Waals surface area contributed by atoms with Gasteiger partial charge in [0.1, 0.15) is 12.4 Å². The van der Waals surface area contributed by atoms with Gasteiger partial charge in [-0.05, 0) is 41.6 Å². The van der Waals surface area contributed by atoms with Crippen molar-refractivity contribution in [2.45, 2.75) is 0 Å². The Morgan fingerprint density at radius 1 is 1.38 bits per heavy atom. The van der Waals surface area contributed by atoms with E-state index in [4.69, 9.17) is 4.74 Å². The Balaban J connectivity index is 1.97. The average Bonchev–Trinajstić information content (AvgIpc) is 2.93. The number of amides is 1. The molecule has 24 heavy (non-hydrogen) atoms. The maximum atomic E-state index is 11.6. The maximum absolute atomic E-state index is 11.6. The number of rotatable bonds is 6. The van der Waals surface area contributed by atoms with Gasteiger partial charge in [-0.3, -0.25) is 10.1 Å². The summed E-state index contributed by atoms with van der Waals surface area (Å²) in [5.74, 6) is -0.284. The fourth-order valence-electron chi connectivity index (χ4n) is 1.59. The number of esters is 1. The van der Waals surface area contributed by atoms with Gasteiger partial charge >= 0.3 is 5.97 Å². The predicted octanol–water partition coefficient (Wildman–Crippen LogP) is 1.86. The molecule has 124 valence electrons. The van der Waals surface area contributed by atoms with Crippen LogP contribution in [0.5, 0.6) is 5.75 Å². The van der Waals surface area contributed by atoms with E-state index >= 15 is 0 Å². The molecule has 0 saturated carbocycles. The lowest BCUT2D eigenvalue weighted by atomic mass is 10.2. The smallest absolute Gasteiger partial charge is 0.331 e. The Labute approximate surface area is 143 Å². The summed E-state index contributed by atoms with van der Waals surface area (Å²) < 4.78 is 9.85. The quantitative estimate of drug-likeness (QED) is 0.279. The van der Waals surface area contributed by atoms with Crippen LogP contribution in [-0.2, 0) is 14.3 Å². The van der Waals surface area contributed by atoms with Crippen LogP contribution in [0.25, 0.3) is 0 Å². The number of hydrogen-bond acceptors (Lipinski definition) is 7. The fourth-order valence-corrected chi connectivity index (χ4v) is 2.33. The zero-order valence-electron chi connectivity index (χ0n) is 12.9. The number of thioether (sulfide) groups is 1. The van der Waals surface area contributed by atoms with Crippen LogP contribution in [0.2, 0.25) is 0 Å². The topological polar surface area (TPSA) is 89.4 Å². The second kappa shape index (κ2) is 8.68. The van der Waals surface area contributed by atoms with Gasteiger partial charge in [0.05, 0.1) is 18.2 Å². The second-order valence-electron chi connectivity index (χ2n) is 4.41. The molecule has 1 aliphatic heterocycles. The van der Waals surface area contributed by atoms with E-state index in [9.17, 15) is 9.59 Å². The third-order valence-electron chi connectivity index (χ3n) is 2.70. The van der Waals surface area contributed by atoms with E-state index in [0.29, 0.717) is 6.61 Å². The number of methoxy groups -OCH3 is 1. The predicted molar refractivity (Wildman–Crippen MR) is 93.0 cm³/mol. The first-order valence-corrected chi connectivity index (χ1v) is 7.67. The highest BCUT2D eigenvalue weighted by atomic mass is 32.2. The summed E-state index contributed by atoms with van der Waals surface area (Å²) in [6.07, 6.45) is 4.31. The van der Waals surface area contributed by atoms with Crippen molar-refractivity contribution in [3.63, 3.8) is 0 Å². The molecule has 1 fully saturated rings. The van der Waals surface area contributed by atoms with Crippen molar-refractivity contribution in [2.24, 2.45) is 10.2 Å². The molecule has 0 atom stereocenters. The molecule has 7 nitrogen and oxygen atoms in total. The van der Waals surface area contributed by atoms with Crippen molar-refractivity contribution in [3.05, 3.63) is 53.5 Å². The first kappa shape index (κ1) is 17.5. The van der Waals surface area contributed by atoms with Crippen LogP contribution in [-0.4, -0.2) is 37.0 Å². The van der Waals surface area contributed by atoms with E-state index in [-0.39, 0.29) is 10.1 Å². The van der Waals surface area contributed by atoms with E-state index in [0.717, 1.165) is 29.2 Å². The van der Waals surface area contributed by atoms with Gasteiger partial charge in [0.15, 0.2) is 5.17 Å². The molecule has 2 rings (SSSR count). The molecule has 0 aliphatic carbocycles. The zero-order valence-corrected chi connectivity index (χ0v) is 13.7. The van der Waals surface area contributed by atoms with Gasteiger partial charge in [-0.25, -0.2) is 4.79 Å². The van der Waals surface area contributed by atoms with Gasteiger partial charge in [-0.1, -0.05) is 12.7 Å². The Bertz CT molecular complexity index is 723. The van der Waals surface area contributed by atoms with Gasteiger partial charge in [-0.15, -0.1) is 5.10 Å². The second-order valence-corrected chi connectivity index (χ2v) is 5.44. The number of carbonyl (C=O) groups is 2. The van der Waals surface area contributed by atoms with Crippen LogP contribution in [0, 0.1) is 0 Å². The van der Waals surface area contributed by atoms with Crippen LogP contribution in [0.15, 0.2) is 58.1 Å². The number of nitrogens with zero attached hydrogens (tertiary/aromatic N) is 2. The fraction of sp³-hybridized carbons (Fsp3) is 0.125. The summed E-state index contributed by atoms with van der Waals surface area (Å²) in [6, 6.07) is 7.26. The zero-order chi connectivity index (χ0) is 17.4. The highest BCUT2D eigenvalue weighted by Crippen LogP contribution is 2.23. The summed E-state index contributed by atoms with van der Waals surface area (Å²) >= 11 is 1.02. The van der Waals surface area contributed by atoms with Crippen LogP contribution < -0.4 is 10.1 Å². The van der Waals surface area contributed by atoms with Gasteiger partial charge in [-0.2, -0.15) is 5.10 Å². The summed E-state index contributed by atoms with van der Waals surface area (Å²) in [6.45, 7) is 4.02. The molecule has 0 unspecified atom stereocenters. The number of hydrogen-bond donors (Lipinski definition) is 1. The molecular formula is C16H15N3O4S. The number of amidine groups is 1. The van der Waals surface area contributed by atoms with Crippen LogP contribution in [0.3, 0.4) is 0 Å². The van der Waals surface area contributed by atoms with Gasteiger partial charge < -0.3 is 9.47 Å². The number of ether oxygens (including phenoxy) is 2. The van der Waals surface area contributed by atoms with Gasteiger partial charge in [0, 0.05) is 6.08 Å². The molecule has 1 N–H and O–H groups in total. The lowest BCUT2D eigenvalue weighted by molar-refractivity contribution is -0.135. The van der Waals surface area contributed by atoms with Crippen molar-refractivity contribution in [1.29, 1.82) is 0 Å². The lowest BCUT2D eigenvalue weighted by Crippen LogP contribution is -2.19. The molecule has 1 aromatic carbocycles. The largest absolute Gasteiger partial charge is 0.490 e. The van der Waals surface area contributed by atoms with E-state index in [1.54, 1.807) is 24.4 Å². The maximum Gasteiger partial charge on any atom is 0.331 e. The summed E-state index contributed by atoms with van der Waals surface area (Å²) in [4.78, 5) is 23.0. The van der Waals surface area contributed by atoms with Gasteiger partial charge in [0.2, 0.25) is 0 Å². The van der Waals surface area contributed by atoms with E-state index in [1.165, 1.54) is 7.11 Å². The normalized spacial score (nSPS) is 17.3. The molecule has 1 aromatic rings. The van der Waals surface area contributed by atoms with Crippen LogP contribution in [0.1, 0.15) is 5.56 Å². The molecule has 1 amide bonds. The molecule has 1 heterocycles. The Hall–Kier alpha value is -2.87. The first-order chi connectivity index (χ1) is 11.6. The highest BCUT2D eigenvalue weighted by molar-refractivity contribution is 8.18. The van der Waals surface area contributed by atoms with Crippen LogP contribution in [0.4, 0.5) is 0 Å². The third kappa shape index (κ3) is 5.10. The molecule has 1 aliphatic rings. The molecular weight excluding hydrogens is 330 g/mol. The molecule has 0 spiro atoms. The monoisotopic (exact) mass is 345 g/mol. The summed E-state index contributed by atoms with van der Waals surface area (Å²) in [5, 5.41) is 10.6. The average molecular weight is 345 g/mol. The summed E-state index contributed by atoms with van der Waals surface area (Å²) in [7, 11) is 1.24. The Kier molecular flexibility index (Phi) is 6.32. The minimum atomic E-state index is -0.601. The Morgan fingerprint density at radius 3 is 2.79 bits per heavy atom. The highest BCUT2D eigenvalue weighted by Gasteiger charge is 2.24. The number of nitrogens with one attached hydrogen (secondary N) is 1. The Morgan fingerprint density at radius 2 is 2.12 bits per heavy atom. The van der Waals surface area contributed by atoms with Crippen LogP contribution >= 0.6 is 11.8 Å². The third-order valence-corrected chi connectivity index (χ3v) is 3.60. The van der Waals surface area contributed by atoms with Crippen molar-refractivity contribution in [2.75, 3.05) is 13.7 Å². The van der Waals surface area contributed by atoms with Crippen molar-refractivity contribution in [1.82, 2.24) is 5.32 Å². The van der Waals surface area contributed by atoms with E-state index in [1.807, 2.05) is 12.1 Å². The molecule has 0 bridgehead atoms. The molecule has 0 aromatic heterocycles. The SMILES string of the molecule is C=CCOc1ccc(C=N/N=C2/NC(=O)/C(=C\C(=O)OC)S2)cc1. The van der Waals surface area contributed by atoms with E-state index in [2.05, 4.69) is 26.8 Å². The minimum absolute atomic E-state index is 0.208. The molecule has 8 heteroatoms. The van der Waals surface area contributed by atoms with Crippen molar-refractivity contribution in [3.8, 4) is 5.75 Å². The van der Waals surface area contributed by atoms with Gasteiger partial charge in [0.25, 0.3) is 5.91 Å².